The van der Waals surface area contributed by atoms with E-state index in [4.69, 9.17) is 4.74 Å². The van der Waals surface area contributed by atoms with Gasteiger partial charge in [0.1, 0.15) is 15.8 Å². The summed E-state index contributed by atoms with van der Waals surface area (Å²) in [6.07, 6.45) is 0. The zero-order valence-corrected chi connectivity index (χ0v) is 27.0. The fourth-order valence-corrected chi connectivity index (χ4v) is 6.84. The van der Waals surface area contributed by atoms with Crippen LogP contribution in [-0.4, -0.2) is 46.5 Å². The molecule has 0 aliphatic carbocycles. The molecule has 12 heteroatoms. The largest absolute Gasteiger partial charge is 0.478 e. The normalized spacial score (nSPS) is 11.3. The number of aromatic carboxylic acids is 2. The van der Waals surface area contributed by atoms with Crippen molar-refractivity contribution in [3.05, 3.63) is 136 Å². The summed E-state index contributed by atoms with van der Waals surface area (Å²) >= 11 is 2.43. The molecule has 2 amide bonds. The summed E-state index contributed by atoms with van der Waals surface area (Å²) in [4.78, 5) is 63.9. The number of rotatable bonds is 12. The number of carboxylic acids is 2. The molecule has 5 aromatic rings. The van der Waals surface area contributed by atoms with Crippen LogP contribution in [0.3, 0.4) is 0 Å². The second kappa shape index (κ2) is 15.2. The van der Waals surface area contributed by atoms with E-state index in [1.54, 1.807) is 36.6 Å². The third-order valence-electron chi connectivity index (χ3n) is 7.02. The van der Waals surface area contributed by atoms with Crippen molar-refractivity contribution < 1.29 is 38.9 Å². The maximum atomic E-state index is 14.0. The molecule has 242 valence electrons. The summed E-state index contributed by atoms with van der Waals surface area (Å²) in [7, 11) is 0. The molecule has 4 aromatic carbocycles. The van der Waals surface area contributed by atoms with E-state index in [1.165, 1.54) is 23.1 Å². The van der Waals surface area contributed by atoms with Crippen molar-refractivity contribution in [2.24, 2.45) is 0 Å². The number of benzene rings is 4. The highest BCUT2D eigenvalue weighted by Crippen LogP contribution is 2.40. The van der Waals surface area contributed by atoms with E-state index in [0.717, 1.165) is 23.8 Å². The van der Waals surface area contributed by atoms with Crippen LogP contribution >= 0.6 is 23.1 Å². The quantitative estimate of drug-likeness (QED) is 0.0765. The maximum absolute atomic E-state index is 14.0. The molecule has 4 N–H and O–H groups in total. The maximum Gasteiger partial charge on any atom is 0.341 e. The third kappa shape index (κ3) is 7.80. The number of thioether (sulfide) groups is 1. The molecule has 0 radical (unpaired) electrons. The predicted molar refractivity (Wildman–Crippen MR) is 184 cm³/mol. The fraction of sp³-hybridized carbons (Fsp3) is 0.0833. The molecule has 1 unspecified atom stereocenters. The Kier molecular flexibility index (Phi) is 10.7. The lowest BCUT2D eigenvalue weighted by molar-refractivity contribution is -0.115. The third-order valence-corrected chi connectivity index (χ3v) is 9.16. The second-order valence-electron chi connectivity index (χ2n) is 10.2. The number of hydrogen-bond donors (Lipinski definition) is 4. The van der Waals surface area contributed by atoms with Gasteiger partial charge in [-0.2, -0.15) is 0 Å². The van der Waals surface area contributed by atoms with Gasteiger partial charge >= 0.3 is 17.9 Å². The Bertz CT molecular complexity index is 1990. The molecule has 48 heavy (non-hydrogen) atoms. The standard InChI is InChI=1S/C36H28N2O8S2/c1-2-46-36(45)29-28(21-10-5-3-6-11-21)20-47-33(29)38-32(40)30(22-12-7-4-8-13-22)48-25-15-9-14-24(19-25)37-31(39)26-17-16-23(34(41)42)18-27(26)35(43)44/h3-20,30H,2H2,1H3,(H,37,39)(H,38,40)(H,41,42)(H,43,44). The molecular weight excluding hydrogens is 653 g/mol. The Hall–Kier alpha value is -5.72. The van der Waals surface area contributed by atoms with Gasteiger partial charge in [-0.25, -0.2) is 14.4 Å². The van der Waals surface area contributed by atoms with E-state index < -0.39 is 40.5 Å². The van der Waals surface area contributed by atoms with E-state index in [2.05, 4.69) is 10.6 Å². The van der Waals surface area contributed by atoms with Gasteiger partial charge < -0.3 is 25.6 Å². The number of esters is 1. The lowest BCUT2D eigenvalue weighted by atomic mass is 10.0. The minimum Gasteiger partial charge on any atom is -0.478 e. The van der Waals surface area contributed by atoms with Gasteiger partial charge in [0.25, 0.3) is 5.91 Å². The Morgan fingerprint density at radius 2 is 1.50 bits per heavy atom. The molecule has 5 rings (SSSR count). The Balaban J connectivity index is 1.42. The van der Waals surface area contributed by atoms with E-state index in [0.29, 0.717) is 26.7 Å². The van der Waals surface area contributed by atoms with Gasteiger partial charge in [0.05, 0.1) is 23.3 Å². The van der Waals surface area contributed by atoms with Crippen molar-refractivity contribution in [3.63, 3.8) is 0 Å². The van der Waals surface area contributed by atoms with Crippen LogP contribution in [0, 0.1) is 0 Å². The van der Waals surface area contributed by atoms with Gasteiger partial charge in [-0.3, -0.25) is 9.59 Å². The SMILES string of the molecule is CCOC(=O)c1c(-c2ccccc2)csc1NC(=O)C(Sc1cccc(NC(=O)c2ccc(C(=O)O)cc2C(=O)O)c1)c1ccccc1. The summed E-state index contributed by atoms with van der Waals surface area (Å²) in [5.41, 5.74) is 1.80. The number of carbonyl (C=O) groups is 5. The average Bonchev–Trinajstić information content (AvgIpc) is 3.51. The van der Waals surface area contributed by atoms with E-state index in [9.17, 15) is 34.2 Å². The minimum atomic E-state index is -1.45. The molecule has 1 aromatic heterocycles. The van der Waals surface area contributed by atoms with E-state index >= 15 is 0 Å². The second-order valence-corrected chi connectivity index (χ2v) is 12.2. The number of amides is 2. The average molecular weight is 681 g/mol. The number of carboxylic acid groups (broad SMARTS) is 2. The summed E-state index contributed by atoms with van der Waals surface area (Å²) in [5, 5.41) is 25.8. The van der Waals surface area contributed by atoms with Crippen molar-refractivity contribution in [2.75, 3.05) is 17.2 Å². The molecule has 1 heterocycles. The zero-order chi connectivity index (χ0) is 34.2. The number of nitrogens with one attached hydrogen (secondary N) is 2. The number of anilines is 2. The molecule has 0 bridgehead atoms. The summed E-state index contributed by atoms with van der Waals surface area (Å²) in [6, 6.07) is 28.3. The molecule has 1 atom stereocenters. The molecular formula is C36H28N2O8S2. The smallest absolute Gasteiger partial charge is 0.341 e. The lowest BCUT2D eigenvalue weighted by Gasteiger charge is -2.18. The van der Waals surface area contributed by atoms with Gasteiger partial charge in [-0.15, -0.1) is 23.1 Å². The first-order valence-electron chi connectivity index (χ1n) is 14.5. The first-order chi connectivity index (χ1) is 23.2. The van der Waals surface area contributed by atoms with Crippen LogP contribution in [0.5, 0.6) is 0 Å². The van der Waals surface area contributed by atoms with Crippen LogP contribution in [0.4, 0.5) is 10.7 Å². The first-order valence-corrected chi connectivity index (χ1v) is 16.3. The van der Waals surface area contributed by atoms with Crippen LogP contribution in [-0.2, 0) is 9.53 Å². The highest BCUT2D eigenvalue weighted by atomic mass is 32.2. The summed E-state index contributed by atoms with van der Waals surface area (Å²) in [6.45, 7) is 1.88. The molecule has 0 saturated carbocycles. The Morgan fingerprint density at radius 1 is 0.792 bits per heavy atom. The van der Waals surface area contributed by atoms with Gasteiger partial charge in [0, 0.05) is 21.5 Å². The number of hydrogen-bond acceptors (Lipinski definition) is 8. The Labute approximate surface area is 283 Å². The number of thiophene rings is 1. The van der Waals surface area contributed by atoms with Crippen LogP contribution < -0.4 is 10.6 Å². The van der Waals surface area contributed by atoms with Gasteiger partial charge in [0.2, 0.25) is 5.91 Å². The van der Waals surface area contributed by atoms with Gasteiger partial charge in [-0.1, -0.05) is 66.7 Å². The Morgan fingerprint density at radius 3 is 2.17 bits per heavy atom. The van der Waals surface area contributed by atoms with Crippen molar-refractivity contribution in [2.45, 2.75) is 17.1 Å². The van der Waals surface area contributed by atoms with Crippen LogP contribution in [0.1, 0.15) is 59.2 Å². The fourth-order valence-electron chi connectivity index (χ4n) is 4.80. The number of ether oxygens (including phenoxy) is 1. The van der Waals surface area contributed by atoms with Crippen molar-refractivity contribution in [3.8, 4) is 11.1 Å². The molecule has 0 saturated heterocycles. The monoisotopic (exact) mass is 680 g/mol. The van der Waals surface area contributed by atoms with Crippen LogP contribution in [0.2, 0.25) is 0 Å². The van der Waals surface area contributed by atoms with Crippen molar-refractivity contribution in [1.82, 2.24) is 0 Å². The molecule has 0 aliphatic heterocycles. The molecule has 0 spiro atoms. The number of carbonyl (C=O) groups excluding carboxylic acids is 3. The molecule has 10 nitrogen and oxygen atoms in total. The highest BCUT2D eigenvalue weighted by Gasteiger charge is 2.28. The topological polar surface area (TPSA) is 159 Å². The van der Waals surface area contributed by atoms with Crippen molar-refractivity contribution in [1.29, 1.82) is 0 Å². The van der Waals surface area contributed by atoms with Crippen molar-refractivity contribution >= 4 is 63.5 Å². The first kappa shape index (κ1) is 33.6. The van der Waals surface area contributed by atoms with E-state index in [-0.39, 0.29) is 23.3 Å². The van der Waals surface area contributed by atoms with Crippen LogP contribution in [0.15, 0.2) is 113 Å². The zero-order valence-electron chi connectivity index (χ0n) is 25.3. The van der Waals surface area contributed by atoms with Gasteiger partial charge in [-0.05, 0) is 54.4 Å². The molecule has 0 aliphatic rings. The highest BCUT2D eigenvalue weighted by molar-refractivity contribution is 8.00. The lowest BCUT2D eigenvalue weighted by Crippen LogP contribution is -2.20. The summed E-state index contributed by atoms with van der Waals surface area (Å²) in [5.74, 6) is -4.46. The van der Waals surface area contributed by atoms with Gasteiger partial charge in [0.15, 0.2) is 0 Å². The van der Waals surface area contributed by atoms with E-state index in [1.807, 2.05) is 60.7 Å². The predicted octanol–water partition coefficient (Wildman–Crippen LogP) is 7.71. The minimum absolute atomic E-state index is 0.164. The van der Waals surface area contributed by atoms with Crippen LogP contribution in [0.25, 0.3) is 11.1 Å². The summed E-state index contributed by atoms with van der Waals surface area (Å²) < 4.78 is 5.34. The molecule has 0 fully saturated rings.